The fourth-order valence-corrected chi connectivity index (χ4v) is 6.43. The minimum absolute atomic E-state index is 0.262. The molecule has 3 heteroatoms. The number of hydrogen-bond acceptors (Lipinski definition) is 3. The zero-order chi connectivity index (χ0) is 33.9. The van der Waals surface area contributed by atoms with Crippen LogP contribution in [0.15, 0.2) is 48.6 Å². The molecule has 0 saturated carbocycles. The number of ether oxygens (including phenoxy) is 2. The molecular weight excluding hydrogens is 574 g/mol. The maximum Gasteiger partial charge on any atom is 0.168 e. The molecule has 0 aromatic rings. The highest BCUT2D eigenvalue weighted by molar-refractivity contribution is 4.93. The van der Waals surface area contributed by atoms with E-state index >= 15 is 0 Å². The summed E-state index contributed by atoms with van der Waals surface area (Å²) in [7, 11) is 2.21. The van der Waals surface area contributed by atoms with Crippen molar-refractivity contribution in [3.63, 3.8) is 0 Å². The van der Waals surface area contributed by atoms with E-state index in [0.717, 1.165) is 51.8 Å². The minimum Gasteiger partial charge on any atom is -0.347 e. The molecule has 3 nitrogen and oxygen atoms in total. The van der Waals surface area contributed by atoms with E-state index in [1.165, 1.54) is 141 Å². The highest BCUT2D eigenvalue weighted by Crippen LogP contribution is 2.35. The average Bonchev–Trinajstić information content (AvgIpc) is 3.49. The Bertz CT molecular complexity index is 721. The second-order valence-corrected chi connectivity index (χ2v) is 14.3. The fourth-order valence-electron chi connectivity index (χ4n) is 6.43. The first-order chi connectivity index (χ1) is 23.2. The van der Waals surface area contributed by atoms with E-state index < -0.39 is 0 Å². The van der Waals surface area contributed by atoms with Crippen LogP contribution in [0, 0.1) is 0 Å². The van der Waals surface area contributed by atoms with Crippen LogP contribution in [-0.2, 0) is 9.47 Å². The van der Waals surface area contributed by atoms with Crippen molar-refractivity contribution in [2.75, 3.05) is 26.7 Å². The summed E-state index contributed by atoms with van der Waals surface area (Å²) in [6, 6.07) is 0. The summed E-state index contributed by atoms with van der Waals surface area (Å²) in [5.74, 6) is -0.320. The van der Waals surface area contributed by atoms with Crippen LogP contribution in [0.25, 0.3) is 0 Å². The van der Waals surface area contributed by atoms with Gasteiger partial charge in [-0.05, 0) is 97.1 Å². The van der Waals surface area contributed by atoms with E-state index in [1.54, 1.807) is 0 Å². The number of unbranched alkanes of at least 4 members (excludes halogenated alkanes) is 18. The summed E-state index contributed by atoms with van der Waals surface area (Å²) in [4.78, 5) is 2.38. The highest BCUT2D eigenvalue weighted by Gasteiger charge is 2.40. The minimum atomic E-state index is -0.320. The molecule has 0 radical (unpaired) electrons. The van der Waals surface area contributed by atoms with Crippen molar-refractivity contribution in [2.24, 2.45) is 0 Å². The van der Waals surface area contributed by atoms with Gasteiger partial charge >= 0.3 is 0 Å². The topological polar surface area (TPSA) is 21.7 Å². The third-order valence-corrected chi connectivity index (χ3v) is 9.80. The summed E-state index contributed by atoms with van der Waals surface area (Å²) in [5, 5.41) is 0. The van der Waals surface area contributed by atoms with E-state index in [4.69, 9.17) is 9.47 Å². The van der Waals surface area contributed by atoms with Crippen LogP contribution in [-0.4, -0.2) is 43.5 Å². The lowest BCUT2D eigenvalue weighted by molar-refractivity contribution is -0.180. The van der Waals surface area contributed by atoms with Gasteiger partial charge in [-0.3, -0.25) is 0 Å². The Hall–Kier alpha value is -1.16. The molecule has 1 atom stereocenters. The summed E-state index contributed by atoms with van der Waals surface area (Å²) in [5.41, 5.74) is 0. The lowest BCUT2D eigenvalue weighted by atomic mass is 9.98. The van der Waals surface area contributed by atoms with Crippen LogP contribution in [0.3, 0.4) is 0 Å². The standard InChI is InChI=1S/C44H81NO2/c1-5-8-10-12-14-16-18-20-22-24-26-28-30-32-34-36-39-44(46-42-43(47-44)38-41-45(4)7-3)40-37-35-33-31-29-27-25-23-21-19-17-15-13-11-9-6-2/h14-17,20-23,43H,5-13,18-19,24-42H2,1-4H3/b16-14-,17-15-,22-20-,23-21-. The number of rotatable bonds is 34. The van der Waals surface area contributed by atoms with Crippen molar-refractivity contribution in [3.05, 3.63) is 48.6 Å². The second kappa shape index (κ2) is 33.3. The van der Waals surface area contributed by atoms with Gasteiger partial charge in [0.05, 0.1) is 12.7 Å². The van der Waals surface area contributed by atoms with Gasteiger partial charge in [0.2, 0.25) is 0 Å². The van der Waals surface area contributed by atoms with Gasteiger partial charge in [0.1, 0.15) is 0 Å². The van der Waals surface area contributed by atoms with E-state index in [2.05, 4.69) is 81.3 Å². The molecule has 0 bridgehead atoms. The molecule has 1 heterocycles. The van der Waals surface area contributed by atoms with Crippen molar-refractivity contribution >= 4 is 0 Å². The Morgan fingerprint density at radius 1 is 0.532 bits per heavy atom. The predicted molar refractivity (Wildman–Crippen MR) is 209 cm³/mol. The van der Waals surface area contributed by atoms with E-state index in [1.807, 2.05) is 0 Å². The van der Waals surface area contributed by atoms with Gasteiger partial charge < -0.3 is 14.4 Å². The molecule has 47 heavy (non-hydrogen) atoms. The second-order valence-electron chi connectivity index (χ2n) is 14.3. The van der Waals surface area contributed by atoms with E-state index in [0.29, 0.717) is 0 Å². The Balaban J connectivity index is 2.20. The van der Waals surface area contributed by atoms with Crippen LogP contribution >= 0.6 is 0 Å². The van der Waals surface area contributed by atoms with Gasteiger partial charge in [0.15, 0.2) is 5.79 Å². The average molecular weight is 656 g/mol. The Labute approximate surface area is 295 Å². The first kappa shape index (κ1) is 43.9. The van der Waals surface area contributed by atoms with Crippen LogP contribution in [0.4, 0.5) is 0 Å². The maximum atomic E-state index is 6.72. The first-order valence-electron chi connectivity index (χ1n) is 20.8. The third-order valence-electron chi connectivity index (χ3n) is 9.80. The summed E-state index contributed by atoms with van der Waals surface area (Å²) in [6.07, 6.45) is 53.4. The molecule has 1 saturated heterocycles. The SMILES string of the molecule is CCCCC/C=C\C/C=C\CCCCCCCCC1(CCCCCCCC/C=C\C/C=C\CCCCC)OCC(CCN(C)CC)O1. The maximum absolute atomic E-state index is 6.72. The summed E-state index contributed by atoms with van der Waals surface area (Å²) in [6.45, 7) is 9.74. The lowest BCUT2D eigenvalue weighted by Gasteiger charge is -2.29. The molecule has 0 aliphatic carbocycles. The fraction of sp³-hybridized carbons (Fsp3) is 0.818. The molecular formula is C44H81NO2. The Morgan fingerprint density at radius 2 is 0.936 bits per heavy atom. The van der Waals surface area contributed by atoms with Crippen molar-refractivity contribution < 1.29 is 9.47 Å². The smallest absolute Gasteiger partial charge is 0.168 e. The predicted octanol–water partition coefficient (Wildman–Crippen LogP) is 13.8. The molecule has 0 spiro atoms. The van der Waals surface area contributed by atoms with Crippen molar-refractivity contribution in [3.8, 4) is 0 Å². The van der Waals surface area contributed by atoms with E-state index in [9.17, 15) is 0 Å². The molecule has 0 N–H and O–H groups in total. The number of allylic oxidation sites excluding steroid dienone is 8. The molecule has 274 valence electrons. The molecule has 1 fully saturated rings. The van der Waals surface area contributed by atoms with Crippen molar-refractivity contribution in [2.45, 2.75) is 206 Å². The molecule has 0 aromatic carbocycles. The monoisotopic (exact) mass is 656 g/mol. The molecule has 0 aromatic heterocycles. The zero-order valence-corrected chi connectivity index (χ0v) is 32.2. The van der Waals surface area contributed by atoms with Crippen LogP contribution in [0.5, 0.6) is 0 Å². The third kappa shape index (κ3) is 27.4. The van der Waals surface area contributed by atoms with Gasteiger partial charge in [0.25, 0.3) is 0 Å². The Kier molecular flexibility index (Phi) is 31.1. The molecule has 0 amide bonds. The van der Waals surface area contributed by atoms with Gasteiger partial charge in [-0.2, -0.15) is 0 Å². The largest absolute Gasteiger partial charge is 0.347 e. The van der Waals surface area contributed by atoms with Gasteiger partial charge in [-0.1, -0.05) is 146 Å². The summed E-state index contributed by atoms with van der Waals surface area (Å²) < 4.78 is 13.2. The number of nitrogens with zero attached hydrogens (tertiary/aromatic N) is 1. The summed E-state index contributed by atoms with van der Waals surface area (Å²) >= 11 is 0. The van der Waals surface area contributed by atoms with Crippen molar-refractivity contribution in [1.29, 1.82) is 0 Å². The zero-order valence-electron chi connectivity index (χ0n) is 32.2. The van der Waals surface area contributed by atoms with Crippen LogP contribution in [0.1, 0.15) is 194 Å². The van der Waals surface area contributed by atoms with Crippen molar-refractivity contribution in [1.82, 2.24) is 4.90 Å². The van der Waals surface area contributed by atoms with Crippen LogP contribution in [0.2, 0.25) is 0 Å². The van der Waals surface area contributed by atoms with Gasteiger partial charge in [-0.25, -0.2) is 0 Å². The first-order valence-corrected chi connectivity index (χ1v) is 20.8. The van der Waals surface area contributed by atoms with E-state index in [-0.39, 0.29) is 11.9 Å². The molecule has 1 aliphatic rings. The highest BCUT2D eigenvalue weighted by atomic mass is 16.7. The molecule has 1 unspecified atom stereocenters. The lowest BCUT2D eigenvalue weighted by Crippen LogP contribution is -2.32. The van der Waals surface area contributed by atoms with Gasteiger partial charge in [0, 0.05) is 19.4 Å². The normalized spacial score (nSPS) is 16.8. The Morgan fingerprint density at radius 3 is 1.36 bits per heavy atom. The van der Waals surface area contributed by atoms with Gasteiger partial charge in [-0.15, -0.1) is 0 Å². The number of hydrogen-bond donors (Lipinski definition) is 0. The molecule has 1 rings (SSSR count). The quantitative estimate of drug-likeness (QED) is 0.0508. The van der Waals surface area contributed by atoms with Crippen LogP contribution < -0.4 is 0 Å². The molecule has 1 aliphatic heterocycles.